The van der Waals surface area contributed by atoms with E-state index < -0.39 is 21.4 Å². The number of likely N-dealkylation sites (tertiary alicyclic amines) is 1. The fraction of sp³-hybridized carbons (Fsp3) is 0.917. The third-order valence-corrected chi connectivity index (χ3v) is 5.90. The van der Waals surface area contributed by atoms with Crippen molar-refractivity contribution in [3.05, 3.63) is 0 Å². The van der Waals surface area contributed by atoms with Gasteiger partial charge in [-0.25, -0.2) is 13.1 Å². The predicted molar refractivity (Wildman–Crippen MR) is 71.3 cm³/mol. The lowest BCUT2D eigenvalue weighted by Gasteiger charge is -2.23. The first-order valence-corrected chi connectivity index (χ1v) is 8.48. The number of sulfonamides is 1. The van der Waals surface area contributed by atoms with Crippen molar-refractivity contribution in [2.24, 2.45) is 11.3 Å². The summed E-state index contributed by atoms with van der Waals surface area (Å²) in [6, 6.07) is 0. The maximum Gasteiger partial charge on any atom is 0.311 e. The molecule has 19 heavy (non-hydrogen) atoms. The minimum Gasteiger partial charge on any atom is -0.481 e. The van der Waals surface area contributed by atoms with Gasteiger partial charge in [0, 0.05) is 26.2 Å². The van der Waals surface area contributed by atoms with Gasteiger partial charge in [-0.05, 0) is 25.7 Å². The van der Waals surface area contributed by atoms with E-state index in [1.807, 2.05) is 0 Å². The van der Waals surface area contributed by atoms with E-state index in [1.54, 1.807) is 6.92 Å². The average Bonchev–Trinajstić information content (AvgIpc) is 2.86. The lowest BCUT2D eigenvalue weighted by molar-refractivity contribution is -0.149. The molecule has 1 aliphatic heterocycles. The van der Waals surface area contributed by atoms with Crippen LogP contribution in [0, 0.1) is 11.3 Å². The standard InChI is InChI=1S/C12H22N2O4S/c1-2-19(17,18)13-6-7-14-8-10-4-3-5-12(10,9-14)11(15)16/h10,13H,2-9H2,1H3,(H,15,16)/t10-,12+/m0/s1. The maximum atomic E-state index is 11.5. The second-order valence-electron chi connectivity index (χ2n) is 5.58. The smallest absolute Gasteiger partial charge is 0.311 e. The Balaban J connectivity index is 1.87. The third-order valence-electron chi connectivity index (χ3n) is 4.50. The molecule has 2 aliphatic rings. The molecule has 0 bridgehead atoms. The molecule has 2 atom stereocenters. The molecule has 1 heterocycles. The number of nitrogens with zero attached hydrogens (tertiary/aromatic N) is 1. The fourth-order valence-electron chi connectivity index (χ4n) is 3.37. The normalized spacial score (nSPS) is 31.5. The monoisotopic (exact) mass is 290 g/mol. The Labute approximate surface area is 114 Å². The van der Waals surface area contributed by atoms with Gasteiger partial charge in [-0.3, -0.25) is 4.79 Å². The van der Waals surface area contributed by atoms with Gasteiger partial charge >= 0.3 is 5.97 Å². The second-order valence-corrected chi connectivity index (χ2v) is 7.68. The highest BCUT2D eigenvalue weighted by Gasteiger charge is 2.54. The molecule has 0 aromatic heterocycles. The van der Waals surface area contributed by atoms with Crippen LogP contribution in [0.2, 0.25) is 0 Å². The number of fused-ring (bicyclic) bond motifs is 1. The van der Waals surface area contributed by atoms with Crippen LogP contribution >= 0.6 is 0 Å². The minimum atomic E-state index is -3.15. The van der Waals surface area contributed by atoms with E-state index in [4.69, 9.17) is 0 Å². The molecule has 1 aliphatic carbocycles. The van der Waals surface area contributed by atoms with E-state index in [0.29, 0.717) is 19.6 Å². The van der Waals surface area contributed by atoms with Crippen molar-refractivity contribution in [3.8, 4) is 0 Å². The molecule has 110 valence electrons. The van der Waals surface area contributed by atoms with Gasteiger partial charge in [0.05, 0.1) is 11.2 Å². The molecular weight excluding hydrogens is 268 g/mol. The number of hydrogen-bond donors (Lipinski definition) is 2. The Morgan fingerprint density at radius 3 is 2.84 bits per heavy atom. The number of carboxylic acids is 1. The molecule has 2 N–H and O–H groups in total. The van der Waals surface area contributed by atoms with Gasteiger partial charge < -0.3 is 10.0 Å². The number of carbonyl (C=O) groups is 1. The van der Waals surface area contributed by atoms with Crippen LogP contribution in [-0.4, -0.2) is 56.3 Å². The summed E-state index contributed by atoms with van der Waals surface area (Å²) in [6.45, 7) is 3.88. The largest absolute Gasteiger partial charge is 0.481 e. The van der Waals surface area contributed by atoms with Crippen LogP contribution in [0.15, 0.2) is 0 Å². The first-order valence-electron chi connectivity index (χ1n) is 6.83. The molecule has 1 saturated heterocycles. The molecule has 2 fully saturated rings. The van der Waals surface area contributed by atoms with Gasteiger partial charge in [0.15, 0.2) is 0 Å². The summed E-state index contributed by atoms with van der Waals surface area (Å²) in [7, 11) is -3.15. The first kappa shape index (κ1) is 14.7. The molecular formula is C12H22N2O4S. The van der Waals surface area contributed by atoms with Crippen molar-refractivity contribution in [2.75, 3.05) is 31.9 Å². The van der Waals surface area contributed by atoms with Gasteiger partial charge in [-0.2, -0.15) is 0 Å². The summed E-state index contributed by atoms with van der Waals surface area (Å²) < 4.78 is 25.2. The zero-order valence-electron chi connectivity index (χ0n) is 11.3. The van der Waals surface area contributed by atoms with E-state index >= 15 is 0 Å². The summed E-state index contributed by atoms with van der Waals surface area (Å²) in [5.41, 5.74) is -0.580. The maximum absolute atomic E-state index is 11.5. The van der Waals surface area contributed by atoms with E-state index in [-0.39, 0.29) is 11.7 Å². The highest BCUT2D eigenvalue weighted by Crippen LogP contribution is 2.48. The summed E-state index contributed by atoms with van der Waals surface area (Å²) in [5, 5.41) is 9.45. The summed E-state index contributed by atoms with van der Waals surface area (Å²) in [5.74, 6) is -0.381. The van der Waals surface area contributed by atoms with E-state index in [9.17, 15) is 18.3 Å². The highest BCUT2D eigenvalue weighted by atomic mass is 32.2. The second kappa shape index (κ2) is 5.38. The number of rotatable bonds is 6. The number of nitrogens with one attached hydrogen (secondary N) is 1. The van der Waals surface area contributed by atoms with E-state index in [2.05, 4.69) is 9.62 Å². The van der Waals surface area contributed by atoms with Gasteiger partial charge in [0.1, 0.15) is 0 Å². The molecule has 0 radical (unpaired) electrons. The van der Waals surface area contributed by atoms with Gasteiger partial charge in [0.25, 0.3) is 0 Å². The number of carboxylic acid groups (broad SMARTS) is 1. The quantitative estimate of drug-likeness (QED) is 0.725. The molecule has 0 amide bonds. The Bertz CT molecular complexity index is 451. The molecule has 0 spiro atoms. The fourth-order valence-corrected chi connectivity index (χ4v) is 3.98. The lowest BCUT2D eigenvalue weighted by Crippen LogP contribution is -2.38. The Morgan fingerprint density at radius 1 is 1.53 bits per heavy atom. The molecule has 0 aromatic rings. The predicted octanol–water partition coefficient (Wildman–Crippen LogP) is 0.112. The molecule has 0 unspecified atom stereocenters. The highest BCUT2D eigenvalue weighted by molar-refractivity contribution is 7.89. The summed E-state index contributed by atoms with van der Waals surface area (Å²) in [4.78, 5) is 13.6. The van der Waals surface area contributed by atoms with Crippen molar-refractivity contribution in [1.29, 1.82) is 0 Å². The van der Waals surface area contributed by atoms with Gasteiger partial charge in [-0.15, -0.1) is 0 Å². The van der Waals surface area contributed by atoms with Gasteiger partial charge in [-0.1, -0.05) is 6.42 Å². The van der Waals surface area contributed by atoms with Crippen LogP contribution in [0.4, 0.5) is 0 Å². The first-order chi connectivity index (χ1) is 8.89. The van der Waals surface area contributed by atoms with Crippen LogP contribution in [0.25, 0.3) is 0 Å². The van der Waals surface area contributed by atoms with Crippen molar-refractivity contribution >= 4 is 16.0 Å². The van der Waals surface area contributed by atoms with E-state index in [1.165, 1.54) is 0 Å². The van der Waals surface area contributed by atoms with Crippen LogP contribution in [0.3, 0.4) is 0 Å². The van der Waals surface area contributed by atoms with Crippen molar-refractivity contribution in [3.63, 3.8) is 0 Å². The lowest BCUT2D eigenvalue weighted by atomic mass is 9.81. The Morgan fingerprint density at radius 2 is 2.26 bits per heavy atom. The zero-order chi connectivity index (χ0) is 14.1. The van der Waals surface area contributed by atoms with Crippen LogP contribution in [-0.2, 0) is 14.8 Å². The minimum absolute atomic E-state index is 0.0781. The van der Waals surface area contributed by atoms with Crippen molar-refractivity contribution in [2.45, 2.75) is 26.2 Å². The third kappa shape index (κ3) is 2.93. The zero-order valence-corrected chi connectivity index (χ0v) is 12.1. The molecule has 6 nitrogen and oxygen atoms in total. The Kier molecular flexibility index (Phi) is 4.17. The summed E-state index contributed by atoms with van der Waals surface area (Å²) in [6.07, 6.45) is 2.72. The summed E-state index contributed by atoms with van der Waals surface area (Å²) >= 11 is 0. The molecule has 1 saturated carbocycles. The Hall–Kier alpha value is -0.660. The molecule has 2 rings (SSSR count). The molecule has 7 heteroatoms. The van der Waals surface area contributed by atoms with E-state index in [0.717, 1.165) is 25.8 Å². The topological polar surface area (TPSA) is 86.7 Å². The van der Waals surface area contributed by atoms with Crippen molar-refractivity contribution in [1.82, 2.24) is 9.62 Å². The SMILES string of the molecule is CCS(=O)(=O)NCCN1C[C@@H]2CCC[C@@]2(C(=O)O)C1. The van der Waals surface area contributed by atoms with Crippen LogP contribution in [0.5, 0.6) is 0 Å². The number of hydrogen-bond acceptors (Lipinski definition) is 4. The van der Waals surface area contributed by atoms with Gasteiger partial charge in [0.2, 0.25) is 10.0 Å². The van der Waals surface area contributed by atoms with Crippen LogP contribution < -0.4 is 4.72 Å². The average molecular weight is 290 g/mol. The van der Waals surface area contributed by atoms with Crippen LogP contribution in [0.1, 0.15) is 26.2 Å². The number of aliphatic carboxylic acids is 1. The van der Waals surface area contributed by atoms with Crippen molar-refractivity contribution < 1.29 is 18.3 Å². The molecule has 0 aromatic carbocycles.